The van der Waals surface area contributed by atoms with Gasteiger partial charge in [-0.25, -0.2) is 4.39 Å². The monoisotopic (exact) mass is 269 g/mol. The van der Waals surface area contributed by atoms with Crippen molar-refractivity contribution < 1.29 is 8.91 Å². The summed E-state index contributed by atoms with van der Waals surface area (Å²) in [6, 6.07) is 9.97. The molecule has 100 valence electrons. The Labute approximate surface area is 115 Å². The number of rotatable bonds is 2. The van der Waals surface area contributed by atoms with Crippen molar-refractivity contribution in [3.63, 3.8) is 0 Å². The first kappa shape index (κ1) is 12.3. The molecule has 0 spiro atoms. The summed E-state index contributed by atoms with van der Waals surface area (Å²) in [4.78, 5) is 4.26. The summed E-state index contributed by atoms with van der Waals surface area (Å²) in [6.07, 6.45) is 1.67. The van der Waals surface area contributed by atoms with Crippen LogP contribution in [0.3, 0.4) is 0 Å². The van der Waals surface area contributed by atoms with Gasteiger partial charge in [0.2, 0.25) is 0 Å². The topological polar surface area (TPSA) is 64.9 Å². The van der Waals surface area contributed by atoms with Crippen molar-refractivity contribution in [2.75, 3.05) is 5.73 Å². The van der Waals surface area contributed by atoms with Gasteiger partial charge in [-0.2, -0.15) is 0 Å². The van der Waals surface area contributed by atoms with Crippen molar-refractivity contribution in [2.45, 2.75) is 6.92 Å². The molecule has 3 rings (SSSR count). The van der Waals surface area contributed by atoms with Crippen molar-refractivity contribution in [2.24, 2.45) is 0 Å². The van der Waals surface area contributed by atoms with Gasteiger partial charge in [0.1, 0.15) is 5.82 Å². The molecule has 1 aromatic carbocycles. The average Bonchev–Trinajstić information content (AvgIpc) is 2.81. The average molecular weight is 269 g/mol. The molecule has 0 saturated carbocycles. The third kappa shape index (κ3) is 2.03. The Balaban J connectivity index is 2.21. The maximum Gasteiger partial charge on any atom is 0.178 e. The highest BCUT2D eigenvalue weighted by molar-refractivity contribution is 5.85. The van der Waals surface area contributed by atoms with Crippen LogP contribution in [0.25, 0.3) is 22.6 Å². The van der Waals surface area contributed by atoms with Crippen LogP contribution in [0.1, 0.15) is 5.56 Å². The van der Waals surface area contributed by atoms with E-state index in [2.05, 4.69) is 10.1 Å². The van der Waals surface area contributed by atoms with Crippen LogP contribution in [0, 0.1) is 12.7 Å². The molecular weight excluding hydrogens is 257 g/mol. The largest absolute Gasteiger partial charge is 0.380 e. The summed E-state index contributed by atoms with van der Waals surface area (Å²) in [7, 11) is 0. The van der Waals surface area contributed by atoms with Gasteiger partial charge in [0.25, 0.3) is 0 Å². The van der Waals surface area contributed by atoms with Crippen LogP contribution < -0.4 is 5.73 Å². The van der Waals surface area contributed by atoms with E-state index in [4.69, 9.17) is 10.3 Å². The summed E-state index contributed by atoms with van der Waals surface area (Å²) in [5.41, 5.74) is 8.66. The summed E-state index contributed by atoms with van der Waals surface area (Å²) >= 11 is 0. The fourth-order valence-corrected chi connectivity index (χ4v) is 2.13. The van der Waals surface area contributed by atoms with Gasteiger partial charge in [-0.05, 0) is 42.8 Å². The summed E-state index contributed by atoms with van der Waals surface area (Å²) < 4.78 is 18.5. The minimum atomic E-state index is -0.293. The number of hydrogen-bond acceptors (Lipinski definition) is 4. The lowest BCUT2D eigenvalue weighted by atomic mass is 10.0. The predicted molar refractivity (Wildman–Crippen MR) is 74.3 cm³/mol. The van der Waals surface area contributed by atoms with Gasteiger partial charge in [-0.3, -0.25) is 4.98 Å². The lowest BCUT2D eigenvalue weighted by molar-refractivity contribution is 0.436. The Hall–Kier alpha value is -2.69. The van der Waals surface area contributed by atoms with Crippen molar-refractivity contribution >= 4 is 5.82 Å². The van der Waals surface area contributed by atoms with E-state index in [-0.39, 0.29) is 11.6 Å². The van der Waals surface area contributed by atoms with Gasteiger partial charge in [-0.15, -0.1) is 0 Å². The molecule has 0 saturated heterocycles. The van der Waals surface area contributed by atoms with Crippen LogP contribution in [0.15, 0.2) is 47.1 Å². The standard InChI is InChI=1S/C15H12FN3O/c1-9-8-10(16)5-6-11(9)14-13(15(17)19-20-14)12-4-2-3-7-18-12/h2-8H,1H3,(H2,17,19). The van der Waals surface area contributed by atoms with Crippen molar-refractivity contribution in [3.05, 3.63) is 54.0 Å². The van der Waals surface area contributed by atoms with Gasteiger partial charge in [0, 0.05) is 11.8 Å². The second-order valence-corrected chi connectivity index (χ2v) is 4.45. The zero-order chi connectivity index (χ0) is 14.1. The highest BCUT2D eigenvalue weighted by atomic mass is 19.1. The number of aromatic nitrogens is 2. The number of nitrogen functional groups attached to an aromatic ring is 1. The van der Waals surface area contributed by atoms with E-state index in [1.165, 1.54) is 12.1 Å². The van der Waals surface area contributed by atoms with E-state index < -0.39 is 0 Å². The molecule has 0 radical (unpaired) electrons. The molecule has 2 heterocycles. The lowest BCUT2D eigenvalue weighted by Crippen LogP contribution is -1.91. The molecule has 0 aliphatic carbocycles. The van der Waals surface area contributed by atoms with Crippen molar-refractivity contribution in [1.29, 1.82) is 0 Å². The Morgan fingerprint density at radius 1 is 1.20 bits per heavy atom. The van der Waals surface area contributed by atoms with Crippen molar-refractivity contribution in [3.8, 4) is 22.6 Å². The third-order valence-corrected chi connectivity index (χ3v) is 3.07. The van der Waals surface area contributed by atoms with Gasteiger partial charge in [-0.1, -0.05) is 11.2 Å². The maximum absolute atomic E-state index is 13.2. The number of aryl methyl sites for hydroxylation is 1. The molecule has 0 aliphatic rings. The quantitative estimate of drug-likeness (QED) is 0.774. The first-order valence-corrected chi connectivity index (χ1v) is 6.10. The number of pyridine rings is 1. The van der Waals surface area contributed by atoms with Gasteiger partial charge < -0.3 is 10.3 Å². The molecule has 0 unspecified atom stereocenters. The van der Waals surface area contributed by atoms with E-state index in [1.54, 1.807) is 19.2 Å². The number of hydrogen-bond donors (Lipinski definition) is 1. The number of halogens is 1. The van der Waals surface area contributed by atoms with Gasteiger partial charge >= 0.3 is 0 Å². The molecule has 0 fully saturated rings. The lowest BCUT2D eigenvalue weighted by Gasteiger charge is -2.05. The van der Waals surface area contributed by atoms with Crippen molar-refractivity contribution in [1.82, 2.24) is 10.1 Å². The molecule has 20 heavy (non-hydrogen) atoms. The third-order valence-electron chi connectivity index (χ3n) is 3.07. The van der Waals surface area contributed by atoms with Gasteiger partial charge in [0.15, 0.2) is 11.6 Å². The smallest absolute Gasteiger partial charge is 0.178 e. The Kier molecular flexibility index (Phi) is 2.95. The first-order valence-electron chi connectivity index (χ1n) is 6.10. The molecule has 0 amide bonds. The summed E-state index contributed by atoms with van der Waals surface area (Å²) in [5.74, 6) is 0.472. The number of benzene rings is 1. The highest BCUT2D eigenvalue weighted by Gasteiger charge is 2.19. The maximum atomic E-state index is 13.2. The molecule has 2 aromatic heterocycles. The molecule has 0 bridgehead atoms. The molecular formula is C15H12FN3O. The van der Waals surface area contributed by atoms with E-state index >= 15 is 0 Å². The van der Waals surface area contributed by atoms with Gasteiger partial charge in [0.05, 0.1) is 11.3 Å². The molecule has 5 heteroatoms. The Morgan fingerprint density at radius 3 is 2.75 bits per heavy atom. The van der Waals surface area contributed by atoms with Crippen LogP contribution >= 0.6 is 0 Å². The van der Waals surface area contributed by atoms with Crippen LogP contribution in [0.4, 0.5) is 10.2 Å². The Bertz CT molecular complexity index is 753. The summed E-state index contributed by atoms with van der Waals surface area (Å²) in [6.45, 7) is 1.80. The number of anilines is 1. The second kappa shape index (κ2) is 4.77. The minimum Gasteiger partial charge on any atom is -0.380 e. The van der Waals surface area contributed by atoms with E-state index in [9.17, 15) is 4.39 Å². The zero-order valence-electron chi connectivity index (χ0n) is 10.8. The van der Waals surface area contributed by atoms with E-state index in [0.717, 1.165) is 11.1 Å². The number of nitrogens with two attached hydrogens (primary N) is 1. The SMILES string of the molecule is Cc1cc(F)ccc1-c1onc(N)c1-c1ccccn1. The fraction of sp³-hybridized carbons (Fsp3) is 0.0667. The predicted octanol–water partition coefficient (Wildman–Crippen LogP) is 3.43. The molecule has 3 aromatic rings. The van der Waals surface area contributed by atoms with Crippen LogP contribution in [-0.4, -0.2) is 10.1 Å². The van der Waals surface area contributed by atoms with Crippen LogP contribution in [0.2, 0.25) is 0 Å². The normalized spacial score (nSPS) is 10.7. The zero-order valence-corrected chi connectivity index (χ0v) is 10.8. The highest BCUT2D eigenvalue weighted by Crippen LogP contribution is 2.36. The molecule has 2 N–H and O–H groups in total. The van der Waals surface area contributed by atoms with Crippen LogP contribution in [0.5, 0.6) is 0 Å². The second-order valence-electron chi connectivity index (χ2n) is 4.45. The number of nitrogens with zero attached hydrogens (tertiary/aromatic N) is 2. The van der Waals surface area contributed by atoms with E-state index in [0.29, 0.717) is 17.0 Å². The Morgan fingerprint density at radius 2 is 2.05 bits per heavy atom. The first-order chi connectivity index (χ1) is 9.66. The molecule has 0 aliphatic heterocycles. The van der Waals surface area contributed by atoms with Crippen LogP contribution in [-0.2, 0) is 0 Å². The fourth-order valence-electron chi connectivity index (χ4n) is 2.13. The molecule has 4 nitrogen and oxygen atoms in total. The summed E-state index contributed by atoms with van der Waals surface area (Å²) in [5, 5.41) is 3.80. The van der Waals surface area contributed by atoms with E-state index in [1.807, 2.05) is 18.2 Å². The minimum absolute atomic E-state index is 0.266. The molecule has 0 atom stereocenters.